The van der Waals surface area contributed by atoms with E-state index in [-0.39, 0.29) is 5.54 Å². The van der Waals surface area contributed by atoms with Crippen LogP contribution in [0.4, 0.5) is 5.69 Å². The molecule has 1 aliphatic carbocycles. The lowest BCUT2D eigenvalue weighted by atomic mass is 9.76. The predicted molar refractivity (Wildman–Crippen MR) is 62.9 cm³/mol. The molecule has 0 amide bonds. The van der Waals surface area contributed by atoms with Crippen molar-refractivity contribution in [2.45, 2.75) is 24.8 Å². The second kappa shape index (κ2) is 3.30. The highest BCUT2D eigenvalue weighted by Gasteiger charge is 2.46. The fraction of sp³-hybridized carbons (Fsp3) is 0.455. The predicted octanol–water partition coefficient (Wildman–Crippen LogP) is 3.56. The summed E-state index contributed by atoms with van der Waals surface area (Å²) in [5.74, 6) is 0. The molecule has 3 nitrogen and oxygen atoms in total. The van der Waals surface area contributed by atoms with Gasteiger partial charge in [-0.1, -0.05) is 21.2 Å². The number of hydrogen-bond acceptors (Lipinski definition) is 3. The van der Waals surface area contributed by atoms with Crippen LogP contribution in [0.1, 0.15) is 19.3 Å². The molecule has 0 N–H and O–H groups in total. The molecule has 0 radical (unpaired) electrons. The molecule has 0 unspecified atom stereocenters. The Labute approximate surface area is 97.3 Å². The first-order chi connectivity index (χ1) is 7.30. The number of halogens is 1. The minimum absolute atomic E-state index is 0.216. The Bertz CT molecular complexity index is 395. The Balaban J connectivity index is 1.93. The van der Waals surface area contributed by atoms with E-state index in [1.807, 2.05) is 0 Å². The molecule has 78 valence electrons. The number of nitrogens with zero attached hydrogens (tertiary/aromatic N) is 3. The van der Waals surface area contributed by atoms with E-state index in [1.54, 1.807) is 0 Å². The lowest BCUT2D eigenvalue weighted by molar-refractivity contribution is 0.262. The summed E-state index contributed by atoms with van der Waals surface area (Å²) in [4.78, 5) is 0. The molecule has 4 heteroatoms. The van der Waals surface area contributed by atoms with Crippen molar-refractivity contribution in [3.63, 3.8) is 0 Å². The van der Waals surface area contributed by atoms with Gasteiger partial charge in [-0.25, -0.2) is 5.01 Å². The summed E-state index contributed by atoms with van der Waals surface area (Å²) in [6, 6.07) is 8.29. The molecule has 1 aromatic carbocycles. The van der Waals surface area contributed by atoms with Crippen LogP contribution >= 0.6 is 15.9 Å². The van der Waals surface area contributed by atoms with Crippen molar-refractivity contribution < 1.29 is 0 Å². The van der Waals surface area contributed by atoms with Gasteiger partial charge in [0.1, 0.15) is 0 Å². The van der Waals surface area contributed by atoms with Crippen LogP contribution in [-0.4, -0.2) is 12.1 Å². The van der Waals surface area contributed by atoms with Crippen molar-refractivity contribution in [3.8, 4) is 0 Å². The zero-order valence-electron chi connectivity index (χ0n) is 8.36. The molecule has 1 aromatic rings. The van der Waals surface area contributed by atoms with E-state index >= 15 is 0 Å². The van der Waals surface area contributed by atoms with Crippen molar-refractivity contribution in [3.05, 3.63) is 28.7 Å². The number of rotatable bonds is 1. The van der Waals surface area contributed by atoms with E-state index in [9.17, 15) is 0 Å². The van der Waals surface area contributed by atoms with Crippen LogP contribution in [0, 0.1) is 0 Å². The van der Waals surface area contributed by atoms with Crippen molar-refractivity contribution in [1.29, 1.82) is 0 Å². The minimum Gasteiger partial charge on any atom is -0.239 e. The second-order valence-corrected chi connectivity index (χ2v) is 5.17. The summed E-state index contributed by atoms with van der Waals surface area (Å²) in [7, 11) is 0. The zero-order valence-corrected chi connectivity index (χ0v) is 9.94. The van der Waals surface area contributed by atoms with Crippen LogP contribution in [0.5, 0.6) is 0 Å². The summed E-state index contributed by atoms with van der Waals surface area (Å²) in [6.45, 7) is 0.864. The molecule has 0 aromatic heterocycles. The van der Waals surface area contributed by atoms with E-state index in [2.05, 4.69) is 55.5 Å². The van der Waals surface area contributed by atoms with Gasteiger partial charge in [0.05, 0.1) is 17.8 Å². The van der Waals surface area contributed by atoms with Gasteiger partial charge in [-0.2, -0.15) is 5.11 Å². The molecule has 1 aliphatic heterocycles. The second-order valence-electron chi connectivity index (χ2n) is 4.26. The molecule has 1 saturated carbocycles. The summed E-state index contributed by atoms with van der Waals surface area (Å²) in [5, 5.41) is 10.5. The van der Waals surface area contributed by atoms with Crippen LogP contribution in [0.3, 0.4) is 0 Å². The Hall–Kier alpha value is -0.900. The largest absolute Gasteiger partial charge is 0.239 e. The fourth-order valence-electron chi connectivity index (χ4n) is 2.25. The SMILES string of the molecule is Brc1ccc(N2N=NCC23CCC3)cc1. The first-order valence-corrected chi connectivity index (χ1v) is 6.03. The summed E-state index contributed by atoms with van der Waals surface area (Å²) in [5.41, 5.74) is 1.37. The van der Waals surface area contributed by atoms with E-state index in [0.717, 1.165) is 16.7 Å². The van der Waals surface area contributed by atoms with Gasteiger partial charge in [-0.05, 0) is 43.5 Å². The maximum Gasteiger partial charge on any atom is 0.0874 e. The lowest BCUT2D eigenvalue weighted by Gasteiger charge is -2.43. The number of hydrogen-bond donors (Lipinski definition) is 0. The Morgan fingerprint density at radius 2 is 1.93 bits per heavy atom. The van der Waals surface area contributed by atoms with Crippen LogP contribution in [-0.2, 0) is 0 Å². The molecule has 2 aliphatic rings. The van der Waals surface area contributed by atoms with Crippen LogP contribution < -0.4 is 5.01 Å². The highest BCUT2D eigenvalue weighted by Crippen LogP contribution is 2.43. The van der Waals surface area contributed by atoms with Gasteiger partial charge in [0, 0.05) is 4.47 Å². The van der Waals surface area contributed by atoms with Crippen molar-refractivity contribution >= 4 is 21.6 Å². The quantitative estimate of drug-likeness (QED) is 0.763. The highest BCUT2D eigenvalue weighted by molar-refractivity contribution is 9.10. The van der Waals surface area contributed by atoms with Gasteiger partial charge in [-0.3, -0.25) is 0 Å². The monoisotopic (exact) mass is 265 g/mol. The lowest BCUT2D eigenvalue weighted by Crippen LogP contribution is -2.50. The Kier molecular flexibility index (Phi) is 2.06. The Morgan fingerprint density at radius 1 is 1.20 bits per heavy atom. The highest BCUT2D eigenvalue weighted by atomic mass is 79.9. The van der Waals surface area contributed by atoms with Crippen molar-refractivity contribution in [2.75, 3.05) is 11.6 Å². The van der Waals surface area contributed by atoms with Gasteiger partial charge < -0.3 is 0 Å². The van der Waals surface area contributed by atoms with Crippen molar-refractivity contribution in [1.82, 2.24) is 0 Å². The van der Waals surface area contributed by atoms with Crippen LogP contribution in [0.25, 0.3) is 0 Å². The van der Waals surface area contributed by atoms with Gasteiger partial charge >= 0.3 is 0 Å². The molecule has 1 fully saturated rings. The zero-order chi connectivity index (χ0) is 10.3. The van der Waals surface area contributed by atoms with E-state index < -0.39 is 0 Å². The molecule has 0 saturated heterocycles. The third kappa shape index (κ3) is 1.39. The van der Waals surface area contributed by atoms with Crippen LogP contribution in [0.15, 0.2) is 39.1 Å². The smallest absolute Gasteiger partial charge is 0.0874 e. The average molecular weight is 266 g/mol. The van der Waals surface area contributed by atoms with Gasteiger partial charge in [0.25, 0.3) is 0 Å². The van der Waals surface area contributed by atoms with E-state index in [1.165, 1.54) is 19.3 Å². The molecule has 0 bridgehead atoms. The van der Waals surface area contributed by atoms with Crippen molar-refractivity contribution in [2.24, 2.45) is 10.3 Å². The fourth-order valence-corrected chi connectivity index (χ4v) is 2.52. The molecule has 0 atom stereocenters. The summed E-state index contributed by atoms with van der Waals surface area (Å²) in [6.07, 6.45) is 3.74. The van der Waals surface area contributed by atoms with Gasteiger partial charge in [0.15, 0.2) is 0 Å². The first kappa shape index (κ1) is 9.33. The maximum absolute atomic E-state index is 4.25. The van der Waals surface area contributed by atoms with E-state index in [0.29, 0.717) is 0 Å². The normalized spacial score (nSPS) is 22.1. The Morgan fingerprint density at radius 3 is 2.53 bits per heavy atom. The summed E-state index contributed by atoms with van der Waals surface area (Å²) >= 11 is 3.44. The van der Waals surface area contributed by atoms with Crippen LogP contribution in [0.2, 0.25) is 0 Å². The third-order valence-corrected chi connectivity index (χ3v) is 3.85. The first-order valence-electron chi connectivity index (χ1n) is 5.23. The third-order valence-electron chi connectivity index (χ3n) is 3.32. The van der Waals surface area contributed by atoms with Gasteiger partial charge in [0.2, 0.25) is 0 Å². The molecule has 3 rings (SSSR count). The molecular weight excluding hydrogens is 254 g/mol. The molecule has 15 heavy (non-hydrogen) atoms. The standard InChI is InChI=1S/C11H12BrN3/c12-9-2-4-10(5-3-9)15-11(6-1-7-11)8-13-14-15/h2-5H,1,6-8H2. The molecule has 1 heterocycles. The van der Waals surface area contributed by atoms with E-state index in [4.69, 9.17) is 0 Å². The summed E-state index contributed by atoms with van der Waals surface area (Å²) < 4.78 is 1.10. The number of anilines is 1. The maximum atomic E-state index is 4.25. The molecule has 1 spiro atoms. The number of benzene rings is 1. The topological polar surface area (TPSA) is 28.0 Å². The molecular formula is C11H12BrN3. The van der Waals surface area contributed by atoms with Gasteiger partial charge in [-0.15, -0.1) is 0 Å². The average Bonchev–Trinajstić information content (AvgIpc) is 2.62. The minimum atomic E-state index is 0.216.